The molecule has 90 valence electrons. The summed E-state index contributed by atoms with van der Waals surface area (Å²) in [6.45, 7) is 2.48. The molecule has 0 spiro atoms. The molecular weight excluding hydrogens is 230 g/mol. The Morgan fingerprint density at radius 3 is 2.59 bits per heavy atom. The van der Waals surface area contributed by atoms with Crippen LogP contribution in [-0.2, 0) is 11.3 Å². The molecule has 0 aromatic heterocycles. The Morgan fingerprint density at radius 2 is 2.00 bits per heavy atom. The second-order valence-corrected chi connectivity index (χ2v) is 4.33. The first-order chi connectivity index (χ1) is 8.26. The average molecular weight is 247 g/mol. The monoisotopic (exact) mass is 247 g/mol. The highest BCUT2D eigenvalue weighted by molar-refractivity contribution is 7.98. The van der Waals surface area contributed by atoms with E-state index in [1.54, 1.807) is 17.8 Å². The molecule has 1 aromatic carbocycles. The number of nitrogens with one attached hydrogen (secondary N) is 1. The van der Waals surface area contributed by atoms with Gasteiger partial charge in [0.1, 0.15) is 0 Å². The first-order valence-corrected chi connectivity index (χ1v) is 6.69. The van der Waals surface area contributed by atoms with Crippen LogP contribution in [-0.4, -0.2) is 12.2 Å². The summed E-state index contributed by atoms with van der Waals surface area (Å²) in [5, 5.41) is 2.83. The summed E-state index contributed by atoms with van der Waals surface area (Å²) >= 11 is 1.71. The molecule has 0 heterocycles. The maximum absolute atomic E-state index is 11.4. The van der Waals surface area contributed by atoms with E-state index in [9.17, 15) is 4.79 Å². The summed E-state index contributed by atoms with van der Waals surface area (Å²) in [4.78, 5) is 12.6. The van der Waals surface area contributed by atoms with E-state index >= 15 is 0 Å². The summed E-state index contributed by atoms with van der Waals surface area (Å²) in [6, 6.07) is 8.17. The van der Waals surface area contributed by atoms with Crippen molar-refractivity contribution in [2.75, 3.05) is 6.26 Å². The Balaban J connectivity index is 2.41. The number of hydrogen-bond acceptors (Lipinski definition) is 2. The van der Waals surface area contributed by atoms with E-state index in [0.717, 1.165) is 5.56 Å². The fourth-order valence-corrected chi connectivity index (χ4v) is 1.65. The van der Waals surface area contributed by atoms with E-state index in [2.05, 4.69) is 17.4 Å². The van der Waals surface area contributed by atoms with Gasteiger partial charge in [-0.2, -0.15) is 0 Å². The molecule has 0 bridgehead atoms. The van der Waals surface area contributed by atoms with Crippen LogP contribution in [0, 0.1) is 0 Å². The Kier molecular flexibility index (Phi) is 6.18. The van der Waals surface area contributed by atoms with Crippen molar-refractivity contribution in [1.29, 1.82) is 0 Å². The predicted octanol–water partition coefficient (Wildman–Crippen LogP) is 3.16. The van der Waals surface area contributed by atoms with Crippen molar-refractivity contribution >= 4 is 17.7 Å². The Hall–Kier alpha value is -1.48. The lowest BCUT2D eigenvalue weighted by Gasteiger charge is -2.03. The average Bonchev–Trinajstić information content (AvgIpc) is 2.37. The van der Waals surface area contributed by atoms with E-state index in [-0.39, 0.29) is 5.91 Å². The minimum atomic E-state index is -0.0722. The van der Waals surface area contributed by atoms with Crippen molar-refractivity contribution in [2.45, 2.75) is 18.4 Å². The number of benzene rings is 1. The normalized spacial score (nSPS) is 11.2. The van der Waals surface area contributed by atoms with Crippen LogP contribution in [0.1, 0.15) is 12.5 Å². The minimum Gasteiger partial charge on any atom is -0.348 e. The fraction of sp³-hybridized carbons (Fsp3) is 0.214. The molecule has 0 aliphatic rings. The van der Waals surface area contributed by atoms with Gasteiger partial charge in [0.25, 0.3) is 0 Å². The minimum absolute atomic E-state index is 0.0722. The molecule has 1 N–H and O–H groups in total. The lowest BCUT2D eigenvalue weighted by atomic mass is 10.2. The van der Waals surface area contributed by atoms with Crippen molar-refractivity contribution < 1.29 is 4.79 Å². The van der Waals surface area contributed by atoms with Crippen LogP contribution >= 0.6 is 11.8 Å². The number of amides is 1. The first kappa shape index (κ1) is 13.6. The lowest BCUT2D eigenvalue weighted by Crippen LogP contribution is -2.20. The quantitative estimate of drug-likeness (QED) is 0.492. The van der Waals surface area contributed by atoms with Gasteiger partial charge in [0.15, 0.2) is 0 Å². The molecule has 17 heavy (non-hydrogen) atoms. The van der Waals surface area contributed by atoms with Crippen molar-refractivity contribution in [1.82, 2.24) is 5.32 Å². The van der Waals surface area contributed by atoms with Gasteiger partial charge in [0.2, 0.25) is 5.91 Å². The molecule has 2 nitrogen and oxygen atoms in total. The fourth-order valence-electron chi connectivity index (χ4n) is 1.25. The molecule has 1 amide bonds. The van der Waals surface area contributed by atoms with Gasteiger partial charge in [-0.05, 0) is 30.9 Å². The van der Waals surface area contributed by atoms with Crippen molar-refractivity contribution in [2.24, 2.45) is 0 Å². The van der Waals surface area contributed by atoms with Gasteiger partial charge in [0.05, 0.1) is 0 Å². The summed E-state index contributed by atoms with van der Waals surface area (Å²) in [7, 11) is 0. The highest BCUT2D eigenvalue weighted by Crippen LogP contribution is 2.14. The summed E-state index contributed by atoms with van der Waals surface area (Å²) in [5.74, 6) is -0.0722. The molecule has 1 aromatic rings. The number of carbonyl (C=O) groups is 1. The third-order valence-electron chi connectivity index (χ3n) is 2.18. The Labute approximate surface area is 107 Å². The Bertz CT molecular complexity index is 407. The van der Waals surface area contributed by atoms with E-state index in [1.165, 1.54) is 11.0 Å². The van der Waals surface area contributed by atoms with Crippen LogP contribution in [0.5, 0.6) is 0 Å². The molecule has 0 atom stereocenters. The van der Waals surface area contributed by atoms with E-state index in [4.69, 9.17) is 0 Å². The van der Waals surface area contributed by atoms with Crippen LogP contribution in [0.25, 0.3) is 0 Å². The largest absolute Gasteiger partial charge is 0.348 e. The number of rotatable bonds is 5. The van der Waals surface area contributed by atoms with Crippen LogP contribution in [0.3, 0.4) is 0 Å². The molecule has 0 radical (unpaired) electrons. The highest BCUT2D eigenvalue weighted by Gasteiger charge is 1.96. The number of hydrogen-bond donors (Lipinski definition) is 1. The number of allylic oxidation sites excluding steroid dienone is 3. The van der Waals surface area contributed by atoms with Crippen LogP contribution in [0.2, 0.25) is 0 Å². The summed E-state index contributed by atoms with van der Waals surface area (Å²) < 4.78 is 0. The number of carbonyl (C=O) groups excluding carboxylic acids is 1. The van der Waals surface area contributed by atoms with Gasteiger partial charge in [-0.15, -0.1) is 11.8 Å². The van der Waals surface area contributed by atoms with Gasteiger partial charge in [-0.1, -0.05) is 30.4 Å². The molecule has 0 fully saturated rings. The van der Waals surface area contributed by atoms with Gasteiger partial charge in [-0.3, -0.25) is 4.79 Å². The van der Waals surface area contributed by atoms with Crippen molar-refractivity contribution in [3.8, 4) is 0 Å². The summed E-state index contributed by atoms with van der Waals surface area (Å²) in [5.41, 5.74) is 1.11. The van der Waals surface area contributed by atoms with Gasteiger partial charge in [-0.25, -0.2) is 0 Å². The van der Waals surface area contributed by atoms with E-state index in [1.807, 2.05) is 37.5 Å². The van der Waals surface area contributed by atoms with Crippen LogP contribution < -0.4 is 5.32 Å². The standard InChI is InChI=1S/C14H17NOS/c1-3-4-5-6-14(16)15-11-12-7-9-13(17-2)10-8-12/h3-10H,11H2,1-2H3,(H,15,16)/b4-3+,6-5+. The molecule has 0 saturated heterocycles. The second-order valence-electron chi connectivity index (χ2n) is 3.45. The van der Waals surface area contributed by atoms with E-state index < -0.39 is 0 Å². The third-order valence-corrected chi connectivity index (χ3v) is 2.92. The Morgan fingerprint density at radius 1 is 1.29 bits per heavy atom. The molecule has 3 heteroatoms. The highest BCUT2D eigenvalue weighted by atomic mass is 32.2. The molecular formula is C14H17NOS. The first-order valence-electron chi connectivity index (χ1n) is 5.46. The van der Waals surface area contributed by atoms with E-state index in [0.29, 0.717) is 6.54 Å². The van der Waals surface area contributed by atoms with Gasteiger partial charge < -0.3 is 5.32 Å². The van der Waals surface area contributed by atoms with Crippen LogP contribution in [0.15, 0.2) is 53.5 Å². The van der Waals surface area contributed by atoms with Crippen molar-refractivity contribution in [3.63, 3.8) is 0 Å². The van der Waals surface area contributed by atoms with Gasteiger partial charge in [0, 0.05) is 17.5 Å². The molecule has 0 unspecified atom stereocenters. The molecule has 0 aliphatic carbocycles. The maximum atomic E-state index is 11.4. The smallest absolute Gasteiger partial charge is 0.244 e. The van der Waals surface area contributed by atoms with Crippen LogP contribution in [0.4, 0.5) is 0 Å². The number of thioether (sulfide) groups is 1. The zero-order chi connectivity index (χ0) is 12.5. The molecule has 0 saturated carbocycles. The zero-order valence-electron chi connectivity index (χ0n) is 10.1. The second kappa shape index (κ2) is 7.74. The summed E-state index contributed by atoms with van der Waals surface area (Å²) in [6.07, 6.45) is 9.00. The maximum Gasteiger partial charge on any atom is 0.244 e. The lowest BCUT2D eigenvalue weighted by molar-refractivity contribution is -0.116. The predicted molar refractivity (Wildman–Crippen MR) is 74.0 cm³/mol. The van der Waals surface area contributed by atoms with Crippen molar-refractivity contribution in [3.05, 3.63) is 54.1 Å². The third kappa shape index (κ3) is 5.41. The van der Waals surface area contributed by atoms with Gasteiger partial charge >= 0.3 is 0 Å². The zero-order valence-corrected chi connectivity index (χ0v) is 11.0. The molecule has 0 aliphatic heterocycles. The molecule has 1 rings (SSSR count). The SMILES string of the molecule is C/C=C/C=C/C(=O)NCc1ccc(SC)cc1. The topological polar surface area (TPSA) is 29.1 Å².